The monoisotopic (exact) mass is 430 g/mol. The summed E-state index contributed by atoms with van der Waals surface area (Å²) in [5, 5.41) is 3.09. The van der Waals surface area contributed by atoms with E-state index in [1.165, 1.54) is 0 Å². The number of aromatic nitrogens is 1. The summed E-state index contributed by atoms with van der Waals surface area (Å²) in [6.07, 6.45) is 1.61. The number of nitrogens with one attached hydrogen (secondary N) is 1. The van der Waals surface area contributed by atoms with Crippen molar-refractivity contribution < 1.29 is 9.59 Å². The van der Waals surface area contributed by atoms with Crippen molar-refractivity contribution in [2.45, 2.75) is 25.8 Å². The number of rotatable bonds is 5. The number of amides is 2. The van der Waals surface area contributed by atoms with Crippen molar-refractivity contribution in [3.8, 4) is 11.3 Å². The number of hydrogen-bond donors (Lipinski definition) is 2. The molecule has 1 aliphatic heterocycles. The summed E-state index contributed by atoms with van der Waals surface area (Å²) in [5.41, 5.74) is 8.37. The first-order valence-corrected chi connectivity index (χ1v) is 9.77. The maximum atomic E-state index is 12.6. The predicted molar refractivity (Wildman–Crippen MR) is 108 cm³/mol. The Bertz CT molecular complexity index is 848. The van der Waals surface area contributed by atoms with Gasteiger partial charge in [0.15, 0.2) is 0 Å². The Kier molecular flexibility index (Phi) is 6.23. The molecule has 0 saturated carbocycles. The van der Waals surface area contributed by atoms with E-state index < -0.39 is 0 Å². The number of likely N-dealkylation sites (tertiary alicyclic amines) is 1. The highest BCUT2D eigenvalue weighted by molar-refractivity contribution is 9.10. The Morgan fingerprint density at radius 1 is 1.26 bits per heavy atom. The van der Waals surface area contributed by atoms with Gasteiger partial charge in [0.1, 0.15) is 0 Å². The molecular weight excluding hydrogens is 408 g/mol. The number of aryl methyl sites for hydroxylation is 1. The molecule has 0 bridgehead atoms. The van der Waals surface area contributed by atoms with Crippen LogP contribution >= 0.6 is 15.9 Å². The minimum Gasteiger partial charge on any atom is -0.369 e. The second-order valence-corrected chi connectivity index (χ2v) is 7.75. The van der Waals surface area contributed by atoms with Crippen LogP contribution in [0.5, 0.6) is 0 Å². The summed E-state index contributed by atoms with van der Waals surface area (Å²) >= 11 is 3.47. The lowest BCUT2D eigenvalue weighted by molar-refractivity contribution is -0.119. The first-order valence-electron chi connectivity index (χ1n) is 8.97. The summed E-state index contributed by atoms with van der Waals surface area (Å²) in [6.45, 7) is 3.65. The highest BCUT2D eigenvalue weighted by Crippen LogP contribution is 2.22. The number of pyridine rings is 1. The predicted octanol–water partition coefficient (Wildman–Crippen LogP) is 2.50. The molecule has 6 nitrogen and oxygen atoms in total. The lowest BCUT2D eigenvalue weighted by Gasteiger charge is -2.31. The van der Waals surface area contributed by atoms with E-state index in [0.29, 0.717) is 11.3 Å². The van der Waals surface area contributed by atoms with E-state index in [4.69, 9.17) is 5.73 Å². The number of hydrogen-bond acceptors (Lipinski definition) is 4. The third-order valence-electron chi connectivity index (χ3n) is 4.75. The van der Waals surface area contributed by atoms with Gasteiger partial charge in [-0.15, -0.1) is 0 Å². The number of halogens is 1. The molecule has 1 aromatic heterocycles. The summed E-state index contributed by atoms with van der Waals surface area (Å²) in [4.78, 5) is 30.3. The van der Waals surface area contributed by atoms with E-state index in [2.05, 4.69) is 26.2 Å². The van der Waals surface area contributed by atoms with Crippen LogP contribution in [0.4, 0.5) is 0 Å². The van der Waals surface area contributed by atoms with Crippen molar-refractivity contribution in [3.63, 3.8) is 0 Å². The summed E-state index contributed by atoms with van der Waals surface area (Å²) in [6, 6.07) is 11.7. The second kappa shape index (κ2) is 8.63. The normalized spacial score (nSPS) is 15.5. The SMILES string of the molecule is Cc1nc(-c2cccc(Br)c2)ccc1C(=O)NC1CCN(CC(N)=O)CC1. The topological polar surface area (TPSA) is 88.3 Å². The number of carbonyl (C=O) groups excluding carboxylic acids is 2. The number of piperidine rings is 1. The molecule has 0 spiro atoms. The molecule has 3 N–H and O–H groups in total. The molecule has 7 heteroatoms. The molecule has 1 aromatic carbocycles. The Labute approximate surface area is 167 Å². The number of nitrogens with two attached hydrogens (primary N) is 1. The highest BCUT2D eigenvalue weighted by Gasteiger charge is 2.22. The van der Waals surface area contributed by atoms with Gasteiger partial charge in [-0.2, -0.15) is 0 Å². The summed E-state index contributed by atoms with van der Waals surface area (Å²) in [7, 11) is 0. The fraction of sp³-hybridized carbons (Fsp3) is 0.350. The van der Waals surface area contributed by atoms with Gasteiger partial charge < -0.3 is 11.1 Å². The molecule has 2 amide bonds. The Hall–Kier alpha value is -2.25. The number of benzene rings is 1. The van der Waals surface area contributed by atoms with E-state index in [9.17, 15) is 9.59 Å². The third-order valence-corrected chi connectivity index (χ3v) is 5.25. The van der Waals surface area contributed by atoms with Gasteiger partial charge in [0.2, 0.25) is 5.91 Å². The van der Waals surface area contributed by atoms with Gasteiger partial charge in [-0.25, -0.2) is 0 Å². The van der Waals surface area contributed by atoms with Gasteiger partial charge in [0.25, 0.3) is 5.91 Å². The second-order valence-electron chi connectivity index (χ2n) is 6.83. The molecule has 1 fully saturated rings. The van der Waals surface area contributed by atoms with E-state index in [0.717, 1.165) is 41.7 Å². The first-order chi connectivity index (χ1) is 12.9. The average Bonchev–Trinajstić information content (AvgIpc) is 2.62. The molecule has 0 radical (unpaired) electrons. The van der Waals surface area contributed by atoms with Crippen molar-refractivity contribution in [1.82, 2.24) is 15.2 Å². The van der Waals surface area contributed by atoms with Crippen LogP contribution in [0.2, 0.25) is 0 Å². The van der Waals surface area contributed by atoms with Crippen LogP contribution < -0.4 is 11.1 Å². The smallest absolute Gasteiger partial charge is 0.253 e. The van der Waals surface area contributed by atoms with Crippen molar-refractivity contribution >= 4 is 27.7 Å². The number of primary amides is 1. The molecular formula is C20H23BrN4O2. The van der Waals surface area contributed by atoms with Crippen LogP contribution in [0, 0.1) is 6.92 Å². The van der Waals surface area contributed by atoms with Crippen molar-refractivity contribution in [2.75, 3.05) is 19.6 Å². The molecule has 0 aliphatic carbocycles. The Morgan fingerprint density at radius 3 is 2.63 bits per heavy atom. The van der Waals surface area contributed by atoms with Crippen molar-refractivity contribution in [1.29, 1.82) is 0 Å². The summed E-state index contributed by atoms with van der Waals surface area (Å²) < 4.78 is 0.990. The molecule has 1 aliphatic rings. The third kappa shape index (κ3) is 5.14. The molecule has 2 heterocycles. The minimum atomic E-state index is -0.315. The average molecular weight is 431 g/mol. The number of nitrogens with zero attached hydrogens (tertiary/aromatic N) is 2. The zero-order valence-electron chi connectivity index (χ0n) is 15.2. The van der Waals surface area contributed by atoms with E-state index in [-0.39, 0.29) is 24.4 Å². The zero-order chi connectivity index (χ0) is 19.4. The Balaban J connectivity index is 1.63. The lowest BCUT2D eigenvalue weighted by atomic mass is 10.0. The van der Waals surface area contributed by atoms with Gasteiger partial charge in [-0.05, 0) is 44.0 Å². The first kappa shape index (κ1) is 19.5. The van der Waals surface area contributed by atoms with Crippen LogP contribution in [0.1, 0.15) is 28.9 Å². The Morgan fingerprint density at radius 2 is 2.00 bits per heavy atom. The maximum Gasteiger partial charge on any atom is 0.253 e. The maximum absolute atomic E-state index is 12.6. The highest BCUT2D eigenvalue weighted by atomic mass is 79.9. The van der Waals surface area contributed by atoms with Crippen LogP contribution in [-0.4, -0.2) is 47.4 Å². The number of carbonyl (C=O) groups is 2. The van der Waals surface area contributed by atoms with Crippen LogP contribution in [0.15, 0.2) is 40.9 Å². The van der Waals surface area contributed by atoms with E-state index in [1.807, 2.05) is 48.2 Å². The minimum absolute atomic E-state index is 0.103. The molecule has 2 aromatic rings. The fourth-order valence-corrected chi connectivity index (χ4v) is 3.73. The van der Waals surface area contributed by atoms with Crippen LogP contribution in [0.3, 0.4) is 0 Å². The van der Waals surface area contributed by atoms with Gasteiger partial charge in [-0.3, -0.25) is 19.5 Å². The van der Waals surface area contributed by atoms with Gasteiger partial charge >= 0.3 is 0 Å². The summed E-state index contributed by atoms with van der Waals surface area (Å²) in [5.74, 6) is -0.418. The zero-order valence-corrected chi connectivity index (χ0v) is 16.8. The van der Waals surface area contributed by atoms with E-state index >= 15 is 0 Å². The van der Waals surface area contributed by atoms with Crippen molar-refractivity contribution in [2.24, 2.45) is 5.73 Å². The van der Waals surface area contributed by atoms with Crippen LogP contribution in [-0.2, 0) is 4.79 Å². The molecule has 1 saturated heterocycles. The molecule has 0 atom stereocenters. The largest absolute Gasteiger partial charge is 0.369 e. The van der Waals surface area contributed by atoms with Crippen LogP contribution in [0.25, 0.3) is 11.3 Å². The fourth-order valence-electron chi connectivity index (χ4n) is 3.33. The van der Waals surface area contributed by atoms with Gasteiger partial charge in [0.05, 0.1) is 23.5 Å². The molecule has 0 unspecified atom stereocenters. The molecule has 27 heavy (non-hydrogen) atoms. The van der Waals surface area contributed by atoms with Gasteiger partial charge in [0, 0.05) is 29.2 Å². The standard InChI is InChI=1S/C20H23BrN4O2/c1-13-17(5-6-18(23-13)14-3-2-4-15(21)11-14)20(27)24-16-7-9-25(10-8-16)12-19(22)26/h2-6,11,16H,7-10,12H2,1H3,(H2,22,26)(H,24,27). The lowest BCUT2D eigenvalue weighted by Crippen LogP contribution is -2.46. The quantitative estimate of drug-likeness (QED) is 0.762. The van der Waals surface area contributed by atoms with Gasteiger partial charge in [-0.1, -0.05) is 28.1 Å². The van der Waals surface area contributed by atoms with E-state index in [1.54, 1.807) is 0 Å². The molecule has 142 valence electrons. The molecule has 3 rings (SSSR count). The van der Waals surface area contributed by atoms with Crippen molar-refractivity contribution in [3.05, 3.63) is 52.1 Å².